The summed E-state index contributed by atoms with van der Waals surface area (Å²) in [5.41, 5.74) is 1.60. The molecule has 0 bridgehead atoms. The minimum atomic E-state index is -0.100. The van der Waals surface area contributed by atoms with Crippen LogP contribution in [0.4, 0.5) is 11.4 Å². The van der Waals surface area contributed by atoms with Crippen LogP contribution in [0.5, 0.6) is 5.75 Å². The minimum Gasteiger partial charge on any atom is -0.492 e. The zero-order chi connectivity index (χ0) is 16.8. The van der Waals surface area contributed by atoms with Crippen LogP contribution in [0.1, 0.15) is 6.92 Å². The topological polar surface area (TPSA) is 50.4 Å². The molecule has 0 aliphatic rings. The summed E-state index contributed by atoms with van der Waals surface area (Å²) >= 11 is 0. The van der Waals surface area contributed by atoms with Crippen LogP contribution in [0.25, 0.3) is 10.8 Å². The van der Waals surface area contributed by atoms with Crippen LogP contribution in [0, 0.1) is 0 Å². The third-order valence-electron chi connectivity index (χ3n) is 3.66. The van der Waals surface area contributed by atoms with Gasteiger partial charge in [0.25, 0.3) is 0 Å². The maximum absolute atomic E-state index is 12.2. The number of hydrogen-bond donors (Lipinski definition) is 2. The van der Waals surface area contributed by atoms with Crippen molar-refractivity contribution in [2.24, 2.45) is 0 Å². The number of hydrogen-bond acceptors (Lipinski definition) is 3. The second-order valence-electron chi connectivity index (χ2n) is 5.39. The Bertz CT molecular complexity index is 846. The summed E-state index contributed by atoms with van der Waals surface area (Å²) in [4.78, 5) is 12.2. The molecule has 3 rings (SSSR count). The summed E-state index contributed by atoms with van der Waals surface area (Å²) in [6.45, 7) is 2.70. The van der Waals surface area contributed by atoms with Gasteiger partial charge in [0.2, 0.25) is 5.91 Å². The Morgan fingerprint density at radius 3 is 2.54 bits per heavy atom. The van der Waals surface area contributed by atoms with Gasteiger partial charge in [-0.15, -0.1) is 0 Å². The first-order valence-electron chi connectivity index (χ1n) is 8.00. The maximum atomic E-state index is 12.2. The van der Waals surface area contributed by atoms with Crippen LogP contribution in [-0.4, -0.2) is 19.1 Å². The molecule has 0 saturated heterocycles. The van der Waals surface area contributed by atoms with Gasteiger partial charge in [0.05, 0.1) is 18.8 Å². The Labute approximate surface area is 141 Å². The highest BCUT2D eigenvalue weighted by atomic mass is 16.5. The first kappa shape index (κ1) is 15.9. The van der Waals surface area contributed by atoms with Crippen molar-refractivity contribution < 1.29 is 9.53 Å². The Kier molecular flexibility index (Phi) is 4.96. The number of benzene rings is 3. The van der Waals surface area contributed by atoms with E-state index in [0.717, 1.165) is 27.9 Å². The molecule has 3 aromatic rings. The van der Waals surface area contributed by atoms with Crippen LogP contribution in [-0.2, 0) is 4.79 Å². The second-order valence-corrected chi connectivity index (χ2v) is 5.39. The lowest BCUT2D eigenvalue weighted by Crippen LogP contribution is -2.22. The lowest BCUT2D eigenvalue weighted by molar-refractivity contribution is -0.114. The van der Waals surface area contributed by atoms with Crippen molar-refractivity contribution in [3.8, 4) is 5.75 Å². The summed E-state index contributed by atoms with van der Waals surface area (Å²) in [5.74, 6) is 0.648. The summed E-state index contributed by atoms with van der Waals surface area (Å²) in [6, 6.07) is 21.5. The molecule has 0 radical (unpaired) electrons. The molecule has 0 unspecified atom stereocenters. The average molecular weight is 320 g/mol. The molecule has 1 amide bonds. The lowest BCUT2D eigenvalue weighted by atomic mass is 10.1. The number of ether oxygens (including phenoxy) is 1. The number of amides is 1. The van der Waals surface area contributed by atoms with Gasteiger partial charge in [-0.25, -0.2) is 0 Å². The number of para-hydroxylation sites is 2. The average Bonchev–Trinajstić information content (AvgIpc) is 2.61. The highest BCUT2D eigenvalue weighted by Gasteiger charge is 2.06. The molecule has 0 aliphatic carbocycles. The predicted molar refractivity (Wildman–Crippen MR) is 98.7 cm³/mol. The largest absolute Gasteiger partial charge is 0.492 e. The van der Waals surface area contributed by atoms with Gasteiger partial charge in [0.15, 0.2) is 0 Å². The van der Waals surface area contributed by atoms with Gasteiger partial charge < -0.3 is 15.4 Å². The molecule has 24 heavy (non-hydrogen) atoms. The van der Waals surface area contributed by atoms with E-state index in [2.05, 4.69) is 10.6 Å². The van der Waals surface area contributed by atoms with Crippen LogP contribution < -0.4 is 15.4 Å². The predicted octanol–water partition coefficient (Wildman–Crippen LogP) is 4.29. The number of anilines is 2. The number of carbonyl (C=O) groups excluding carboxylic acids is 1. The number of fused-ring (bicyclic) bond motifs is 1. The van der Waals surface area contributed by atoms with E-state index < -0.39 is 0 Å². The monoisotopic (exact) mass is 320 g/mol. The van der Waals surface area contributed by atoms with E-state index in [9.17, 15) is 4.79 Å². The summed E-state index contributed by atoms with van der Waals surface area (Å²) in [7, 11) is 0. The van der Waals surface area contributed by atoms with E-state index in [1.165, 1.54) is 0 Å². The maximum Gasteiger partial charge on any atom is 0.243 e. The zero-order valence-corrected chi connectivity index (χ0v) is 13.6. The smallest absolute Gasteiger partial charge is 0.243 e. The third kappa shape index (κ3) is 3.84. The fourth-order valence-corrected chi connectivity index (χ4v) is 2.54. The number of nitrogens with one attached hydrogen (secondary N) is 2. The molecule has 0 saturated carbocycles. The molecule has 0 heterocycles. The quantitative estimate of drug-likeness (QED) is 0.712. The molecule has 0 aliphatic heterocycles. The lowest BCUT2D eigenvalue weighted by Gasteiger charge is -2.12. The first-order chi connectivity index (χ1) is 11.8. The van der Waals surface area contributed by atoms with Crippen molar-refractivity contribution in [1.29, 1.82) is 0 Å². The number of rotatable bonds is 6. The van der Waals surface area contributed by atoms with Gasteiger partial charge in [-0.3, -0.25) is 4.79 Å². The van der Waals surface area contributed by atoms with Gasteiger partial charge in [0, 0.05) is 5.69 Å². The standard InChI is InChI=1S/C20H20N2O2/c1-2-24-19-10-6-5-9-18(19)21-14-20(23)22-17-12-11-15-7-3-4-8-16(15)13-17/h3-13,21H,2,14H2,1H3,(H,22,23). The summed E-state index contributed by atoms with van der Waals surface area (Å²) < 4.78 is 5.54. The molecule has 0 aromatic heterocycles. The highest BCUT2D eigenvalue weighted by molar-refractivity contribution is 5.96. The number of carbonyl (C=O) groups is 1. The van der Waals surface area contributed by atoms with Crippen molar-refractivity contribution in [1.82, 2.24) is 0 Å². The van der Waals surface area contributed by atoms with Crippen LogP contribution in [0.3, 0.4) is 0 Å². The van der Waals surface area contributed by atoms with E-state index in [0.29, 0.717) is 6.61 Å². The Morgan fingerprint density at radius 1 is 0.958 bits per heavy atom. The highest BCUT2D eigenvalue weighted by Crippen LogP contribution is 2.23. The molecular formula is C20H20N2O2. The normalized spacial score (nSPS) is 10.4. The second kappa shape index (κ2) is 7.51. The van der Waals surface area contributed by atoms with Gasteiger partial charge >= 0.3 is 0 Å². The summed E-state index contributed by atoms with van der Waals surface area (Å²) in [5, 5.41) is 8.29. The fraction of sp³-hybridized carbons (Fsp3) is 0.150. The van der Waals surface area contributed by atoms with Crippen LogP contribution in [0.15, 0.2) is 66.7 Å². The van der Waals surface area contributed by atoms with Crippen molar-refractivity contribution >= 4 is 28.1 Å². The third-order valence-corrected chi connectivity index (χ3v) is 3.66. The Morgan fingerprint density at radius 2 is 1.71 bits per heavy atom. The van der Waals surface area contributed by atoms with Crippen molar-refractivity contribution in [2.45, 2.75) is 6.92 Å². The van der Waals surface area contributed by atoms with E-state index in [1.54, 1.807) is 0 Å². The van der Waals surface area contributed by atoms with Gasteiger partial charge in [-0.1, -0.05) is 42.5 Å². The van der Waals surface area contributed by atoms with E-state index in [4.69, 9.17) is 4.74 Å². The van der Waals surface area contributed by atoms with Gasteiger partial charge in [0.1, 0.15) is 5.75 Å². The van der Waals surface area contributed by atoms with Crippen LogP contribution >= 0.6 is 0 Å². The molecule has 0 spiro atoms. The van der Waals surface area contributed by atoms with E-state index >= 15 is 0 Å². The van der Waals surface area contributed by atoms with E-state index in [-0.39, 0.29) is 12.5 Å². The van der Waals surface area contributed by atoms with Gasteiger partial charge in [-0.2, -0.15) is 0 Å². The molecule has 2 N–H and O–H groups in total. The van der Waals surface area contributed by atoms with E-state index in [1.807, 2.05) is 73.7 Å². The van der Waals surface area contributed by atoms with Crippen molar-refractivity contribution in [2.75, 3.05) is 23.8 Å². The fourth-order valence-electron chi connectivity index (χ4n) is 2.54. The van der Waals surface area contributed by atoms with Crippen LogP contribution in [0.2, 0.25) is 0 Å². The molecule has 4 nitrogen and oxygen atoms in total. The Balaban J connectivity index is 1.63. The molecular weight excluding hydrogens is 300 g/mol. The molecule has 4 heteroatoms. The molecule has 0 fully saturated rings. The first-order valence-corrected chi connectivity index (χ1v) is 8.00. The zero-order valence-electron chi connectivity index (χ0n) is 13.6. The SMILES string of the molecule is CCOc1ccccc1NCC(=O)Nc1ccc2ccccc2c1. The van der Waals surface area contributed by atoms with Crippen molar-refractivity contribution in [3.63, 3.8) is 0 Å². The Hall–Kier alpha value is -3.01. The summed E-state index contributed by atoms with van der Waals surface area (Å²) in [6.07, 6.45) is 0. The minimum absolute atomic E-state index is 0.100. The van der Waals surface area contributed by atoms with Gasteiger partial charge in [-0.05, 0) is 42.0 Å². The molecule has 122 valence electrons. The molecule has 3 aromatic carbocycles. The molecule has 0 atom stereocenters. The van der Waals surface area contributed by atoms with Crippen molar-refractivity contribution in [3.05, 3.63) is 66.7 Å².